The van der Waals surface area contributed by atoms with Crippen LogP contribution in [0.3, 0.4) is 0 Å². The molecule has 0 spiro atoms. The predicted octanol–water partition coefficient (Wildman–Crippen LogP) is 6.05. The van der Waals surface area contributed by atoms with Gasteiger partial charge in [0.2, 0.25) is 0 Å². The van der Waals surface area contributed by atoms with Gasteiger partial charge in [-0.15, -0.1) is 0 Å². The van der Waals surface area contributed by atoms with Gasteiger partial charge in [-0.2, -0.15) is 5.06 Å². The van der Waals surface area contributed by atoms with Gasteiger partial charge < -0.3 is 5.21 Å². The standard InChI is InChI=1S/C10H21NO.C6H12.C4H9NO.CH4/c1-6-8-9(7-2)12-11(5)10(8,3)4;1-3-5-6-4-2;1-4(2)5(3)6;/h8-9H,6-7H2,1-5H3;5-6H,3-4H2,1-2H3;1-3H3;1H4/b;6-5-;;. The quantitative estimate of drug-likeness (QED) is 0.202. The molecule has 0 aromatic rings. The first-order chi connectivity index (χ1) is 11.1. The first-order valence-corrected chi connectivity index (χ1v) is 9.36. The largest absolute Gasteiger partial charge is 0.624 e. The molecule has 1 rings (SSSR count). The number of allylic oxidation sites excluding steroid dienone is 2. The summed E-state index contributed by atoms with van der Waals surface area (Å²) in [5, 5.41) is 12.0. The van der Waals surface area contributed by atoms with E-state index in [2.05, 4.69) is 53.7 Å². The number of hydrogen-bond acceptors (Lipinski definition) is 3. The summed E-state index contributed by atoms with van der Waals surface area (Å²) in [5.41, 5.74) is 0.991. The monoisotopic (exact) mass is 358 g/mol. The first kappa shape index (κ1) is 28.9. The molecule has 152 valence electrons. The van der Waals surface area contributed by atoms with Crippen LogP contribution in [-0.2, 0) is 4.84 Å². The van der Waals surface area contributed by atoms with Crippen molar-refractivity contribution in [2.24, 2.45) is 5.92 Å². The molecule has 4 heteroatoms. The molecule has 1 fully saturated rings. The van der Waals surface area contributed by atoms with Crippen molar-refractivity contribution < 1.29 is 9.58 Å². The lowest BCUT2D eigenvalue weighted by atomic mass is 9.82. The van der Waals surface area contributed by atoms with E-state index >= 15 is 0 Å². The highest BCUT2D eigenvalue weighted by molar-refractivity contribution is 5.73. The lowest BCUT2D eigenvalue weighted by Crippen LogP contribution is -2.39. The highest BCUT2D eigenvalue weighted by Crippen LogP contribution is 2.38. The summed E-state index contributed by atoms with van der Waals surface area (Å²) >= 11 is 0. The summed E-state index contributed by atoms with van der Waals surface area (Å²) in [6.45, 7) is 16.8. The molecule has 25 heavy (non-hydrogen) atoms. The Morgan fingerprint density at radius 3 is 1.68 bits per heavy atom. The van der Waals surface area contributed by atoms with Crippen LogP contribution in [-0.4, -0.2) is 41.3 Å². The van der Waals surface area contributed by atoms with Crippen LogP contribution in [0.4, 0.5) is 0 Å². The van der Waals surface area contributed by atoms with Gasteiger partial charge in [-0.05, 0) is 39.5 Å². The van der Waals surface area contributed by atoms with Crippen molar-refractivity contribution in [3.05, 3.63) is 17.4 Å². The van der Waals surface area contributed by atoms with Crippen molar-refractivity contribution in [2.75, 3.05) is 14.1 Å². The van der Waals surface area contributed by atoms with Crippen molar-refractivity contribution in [1.82, 2.24) is 5.06 Å². The van der Waals surface area contributed by atoms with Crippen LogP contribution >= 0.6 is 0 Å². The molecular formula is C21H46N2O2. The van der Waals surface area contributed by atoms with Gasteiger partial charge in [0.25, 0.3) is 0 Å². The van der Waals surface area contributed by atoms with E-state index in [0.29, 0.717) is 12.0 Å². The van der Waals surface area contributed by atoms with Crippen LogP contribution in [0.2, 0.25) is 0 Å². The highest BCUT2D eigenvalue weighted by atomic mass is 16.7. The molecule has 2 unspecified atom stereocenters. The van der Waals surface area contributed by atoms with Gasteiger partial charge in [-0.25, -0.2) is 4.74 Å². The minimum atomic E-state index is 0. The van der Waals surface area contributed by atoms with Crippen molar-refractivity contribution in [3.8, 4) is 0 Å². The third-order valence-electron chi connectivity index (χ3n) is 4.57. The molecule has 2 atom stereocenters. The highest BCUT2D eigenvalue weighted by Gasteiger charge is 2.45. The Morgan fingerprint density at radius 2 is 1.48 bits per heavy atom. The molecule has 0 amide bonds. The van der Waals surface area contributed by atoms with Crippen molar-refractivity contribution in [1.29, 1.82) is 0 Å². The maximum Gasteiger partial charge on any atom is 0.157 e. The van der Waals surface area contributed by atoms with Gasteiger partial charge in [-0.1, -0.05) is 47.3 Å². The van der Waals surface area contributed by atoms with E-state index in [0.717, 1.165) is 16.9 Å². The Labute approximate surface area is 158 Å². The SMILES string of the molecule is C.CC(C)=[N+](C)[O-].CC/C=C\CC.CCC1ON(C)C(C)(C)C1CC. The molecule has 0 N–H and O–H groups in total. The molecule has 0 radical (unpaired) electrons. The Kier molecular flexibility index (Phi) is 17.8. The third-order valence-corrected chi connectivity index (χ3v) is 4.57. The van der Waals surface area contributed by atoms with Gasteiger partial charge in [0, 0.05) is 32.4 Å². The average molecular weight is 359 g/mol. The topological polar surface area (TPSA) is 38.5 Å². The van der Waals surface area contributed by atoms with Gasteiger partial charge in [-0.3, -0.25) is 4.84 Å². The van der Waals surface area contributed by atoms with Crippen molar-refractivity contribution in [2.45, 2.75) is 100 Å². The second kappa shape index (κ2) is 15.4. The van der Waals surface area contributed by atoms with Crippen LogP contribution in [0.5, 0.6) is 0 Å². The Balaban J connectivity index is -0.000000319. The molecule has 1 heterocycles. The minimum Gasteiger partial charge on any atom is -0.624 e. The zero-order valence-electron chi connectivity index (χ0n) is 17.8. The van der Waals surface area contributed by atoms with Crippen LogP contribution < -0.4 is 0 Å². The summed E-state index contributed by atoms with van der Waals surface area (Å²) in [4.78, 5) is 5.76. The maximum atomic E-state index is 10.0. The molecule has 0 bridgehead atoms. The smallest absolute Gasteiger partial charge is 0.157 e. The summed E-state index contributed by atoms with van der Waals surface area (Å²) in [6.07, 6.45) is 9.46. The van der Waals surface area contributed by atoms with Gasteiger partial charge in [0.05, 0.1) is 6.10 Å². The summed E-state index contributed by atoms with van der Waals surface area (Å²) in [7, 11) is 3.52. The van der Waals surface area contributed by atoms with E-state index in [4.69, 9.17) is 4.84 Å². The maximum absolute atomic E-state index is 10.0. The molecular weight excluding hydrogens is 312 g/mol. The number of hydroxylamine groups is 3. The molecule has 0 saturated carbocycles. The van der Waals surface area contributed by atoms with Gasteiger partial charge >= 0.3 is 0 Å². The molecule has 0 aliphatic carbocycles. The molecule has 0 aromatic heterocycles. The van der Waals surface area contributed by atoms with Gasteiger partial charge in [0.15, 0.2) is 5.71 Å². The number of hydrogen-bond donors (Lipinski definition) is 0. The zero-order chi connectivity index (χ0) is 19.3. The molecule has 4 nitrogen and oxygen atoms in total. The van der Waals surface area contributed by atoms with Crippen molar-refractivity contribution in [3.63, 3.8) is 0 Å². The van der Waals surface area contributed by atoms with Crippen LogP contribution in [0.15, 0.2) is 12.2 Å². The van der Waals surface area contributed by atoms with E-state index in [1.807, 2.05) is 12.1 Å². The van der Waals surface area contributed by atoms with E-state index in [-0.39, 0.29) is 13.0 Å². The van der Waals surface area contributed by atoms with E-state index < -0.39 is 0 Å². The second-order valence-corrected chi connectivity index (χ2v) is 6.95. The normalized spacial score (nSPS) is 21.5. The van der Waals surface area contributed by atoms with E-state index in [1.54, 1.807) is 13.8 Å². The lowest BCUT2D eigenvalue weighted by molar-refractivity contribution is -0.423. The number of nitrogens with zero attached hydrogens (tertiary/aromatic N) is 2. The Bertz CT molecular complexity index is 352. The average Bonchev–Trinajstić information content (AvgIpc) is 2.75. The molecule has 0 aromatic carbocycles. The number of rotatable bonds is 4. The lowest BCUT2D eigenvalue weighted by Gasteiger charge is -2.30. The van der Waals surface area contributed by atoms with E-state index in [1.165, 1.54) is 26.3 Å². The predicted molar refractivity (Wildman–Crippen MR) is 113 cm³/mol. The van der Waals surface area contributed by atoms with Crippen LogP contribution in [0.25, 0.3) is 0 Å². The zero-order valence-corrected chi connectivity index (χ0v) is 17.8. The van der Waals surface area contributed by atoms with Crippen LogP contribution in [0, 0.1) is 11.1 Å². The fourth-order valence-corrected chi connectivity index (χ4v) is 2.56. The molecule has 1 aliphatic heterocycles. The Morgan fingerprint density at radius 1 is 1.08 bits per heavy atom. The summed E-state index contributed by atoms with van der Waals surface area (Å²) < 4.78 is 0.833. The minimum absolute atomic E-state index is 0. The fourth-order valence-electron chi connectivity index (χ4n) is 2.56. The van der Waals surface area contributed by atoms with E-state index in [9.17, 15) is 5.21 Å². The summed E-state index contributed by atoms with van der Waals surface area (Å²) in [5.74, 6) is 0.674. The molecule has 1 aliphatic rings. The fraction of sp³-hybridized carbons (Fsp3) is 0.857. The third kappa shape index (κ3) is 11.4. The second-order valence-electron chi connectivity index (χ2n) is 6.95. The summed E-state index contributed by atoms with van der Waals surface area (Å²) in [6, 6.07) is 0. The Hall–Kier alpha value is -0.870. The molecule has 1 saturated heterocycles. The van der Waals surface area contributed by atoms with Crippen LogP contribution in [0.1, 0.15) is 88.5 Å². The first-order valence-electron chi connectivity index (χ1n) is 9.36. The van der Waals surface area contributed by atoms with Crippen molar-refractivity contribution >= 4 is 5.71 Å². The van der Waals surface area contributed by atoms with Gasteiger partial charge in [0.1, 0.15) is 7.05 Å².